The van der Waals surface area contributed by atoms with Crippen molar-refractivity contribution in [2.24, 2.45) is 0 Å². The summed E-state index contributed by atoms with van der Waals surface area (Å²) in [5.41, 5.74) is 1.74. The molecule has 0 radical (unpaired) electrons. The Bertz CT molecular complexity index is 582. The number of hydrogen-bond donors (Lipinski definition) is 0. The van der Waals surface area contributed by atoms with Crippen molar-refractivity contribution in [2.75, 3.05) is 32.7 Å². The molecule has 0 atom stereocenters. The van der Waals surface area contributed by atoms with E-state index in [1.165, 1.54) is 0 Å². The molecule has 21 heavy (non-hydrogen) atoms. The van der Waals surface area contributed by atoms with Crippen LogP contribution < -0.4 is 0 Å². The molecule has 110 valence electrons. The quantitative estimate of drug-likeness (QED) is 0.869. The molecule has 4 nitrogen and oxygen atoms in total. The van der Waals surface area contributed by atoms with Gasteiger partial charge in [0.2, 0.25) is 0 Å². The van der Waals surface area contributed by atoms with Crippen molar-refractivity contribution in [2.45, 2.75) is 6.92 Å². The maximum absolute atomic E-state index is 12.5. The van der Waals surface area contributed by atoms with Crippen molar-refractivity contribution in [3.8, 4) is 11.3 Å². The minimum atomic E-state index is 0.122. The van der Waals surface area contributed by atoms with Crippen LogP contribution in [0.4, 0.5) is 0 Å². The van der Waals surface area contributed by atoms with Crippen LogP contribution in [0.15, 0.2) is 47.1 Å². The number of carbonyl (C=O) groups is 1. The summed E-state index contributed by atoms with van der Waals surface area (Å²) in [6.07, 6.45) is 1.65. The molecule has 4 heteroatoms. The van der Waals surface area contributed by atoms with E-state index in [4.69, 9.17) is 4.42 Å². The molecule has 0 spiro atoms. The predicted octanol–water partition coefficient (Wildman–Crippen LogP) is 2.72. The lowest BCUT2D eigenvalue weighted by atomic mass is 10.1. The van der Waals surface area contributed by atoms with Crippen molar-refractivity contribution in [3.63, 3.8) is 0 Å². The zero-order valence-corrected chi connectivity index (χ0v) is 12.3. The van der Waals surface area contributed by atoms with Crippen LogP contribution in [0.2, 0.25) is 0 Å². The van der Waals surface area contributed by atoms with Gasteiger partial charge < -0.3 is 14.2 Å². The van der Waals surface area contributed by atoms with Crippen LogP contribution in [-0.4, -0.2) is 48.4 Å². The zero-order valence-electron chi connectivity index (χ0n) is 12.3. The summed E-state index contributed by atoms with van der Waals surface area (Å²) in [6, 6.07) is 11.4. The SMILES string of the molecule is CCN1CCN(C(=O)c2ccc(-c3ccco3)cc2)CC1. The van der Waals surface area contributed by atoms with Gasteiger partial charge in [0.15, 0.2) is 0 Å². The number of carbonyl (C=O) groups excluding carboxylic acids is 1. The van der Waals surface area contributed by atoms with Gasteiger partial charge in [-0.05, 0) is 30.8 Å². The molecule has 1 aromatic carbocycles. The Kier molecular flexibility index (Phi) is 4.06. The predicted molar refractivity (Wildman–Crippen MR) is 82.2 cm³/mol. The topological polar surface area (TPSA) is 36.7 Å². The van der Waals surface area contributed by atoms with E-state index in [9.17, 15) is 4.79 Å². The second-order valence-corrected chi connectivity index (χ2v) is 5.28. The third-order valence-corrected chi connectivity index (χ3v) is 4.04. The van der Waals surface area contributed by atoms with Crippen molar-refractivity contribution < 1.29 is 9.21 Å². The van der Waals surface area contributed by atoms with Gasteiger partial charge >= 0.3 is 0 Å². The summed E-state index contributed by atoms with van der Waals surface area (Å²) < 4.78 is 5.36. The summed E-state index contributed by atoms with van der Waals surface area (Å²) >= 11 is 0. The summed E-state index contributed by atoms with van der Waals surface area (Å²) in [5.74, 6) is 0.947. The first-order valence-corrected chi connectivity index (χ1v) is 7.43. The maximum atomic E-state index is 12.5. The molecular weight excluding hydrogens is 264 g/mol. The van der Waals surface area contributed by atoms with E-state index < -0.39 is 0 Å². The Morgan fingerprint density at radius 3 is 2.38 bits per heavy atom. The molecule has 0 N–H and O–H groups in total. The molecule has 3 rings (SSSR count). The minimum absolute atomic E-state index is 0.122. The van der Waals surface area contributed by atoms with E-state index in [1.807, 2.05) is 41.3 Å². The first-order chi connectivity index (χ1) is 10.3. The van der Waals surface area contributed by atoms with Gasteiger partial charge in [0, 0.05) is 37.3 Å². The monoisotopic (exact) mass is 284 g/mol. The molecular formula is C17H20N2O2. The van der Waals surface area contributed by atoms with Crippen LogP contribution in [0.5, 0.6) is 0 Å². The number of piperazine rings is 1. The van der Waals surface area contributed by atoms with E-state index in [0.29, 0.717) is 0 Å². The third-order valence-electron chi connectivity index (χ3n) is 4.04. The number of amides is 1. The van der Waals surface area contributed by atoms with Gasteiger partial charge in [-0.3, -0.25) is 4.79 Å². The molecule has 0 unspecified atom stereocenters. The number of rotatable bonds is 3. The van der Waals surface area contributed by atoms with Gasteiger partial charge in [0.05, 0.1) is 6.26 Å². The molecule has 1 fully saturated rings. The molecule has 1 aliphatic rings. The summed E-state index contributed by atoms with van der Waals surface area (Å²) in [5, 5.41) is 0. The molecule has 0 bridgehead atoms. The van der Waals surface area contributed by atoms with Crippen LogP contribution in [0.25, 0.3) is 11.3 Å². The molecule has 2 heterocycles. The lowest BCUT2D eigenvalue weighted by Gasteiger charge is -2.34. The second kappa shape index (κ2) is 6.14. The average Bonchev–Trinajstić information content (AvgIpc) is 3.09. The highest BCUT2D eigenvalue weighted by Gasteiger charge is 2.21. The highest BCUT2D eigenvalue weighted by molar-refractivity contribution is 5.94. The van der Waals surface area contributed by atoms with Crippen molar-refractivity contribution in [1.29, 1.82) is 0 Å². The van der Waals surface area contributed by atoms with Crippen LogP contribution in [0.1, 0.15) is 17.3 Å². The van der Waals surface area contributed by atoms with Gasteiger partial charge in [-0.25, -0.2) is 0 Å². The van der Waals surface area contributed by atoms with Crippen LogP contribution >= 0.6 is 0 Å². The Morgan fingerprint density at radius 2 is 1.81 bits per heavy atom. The van der Waals surface area contributed by atoms with E-state index in [0.717, 1.165) is 49.6 Å². The fraction of sp³-hybridized carbons (Fsp3) is 0.353. The van der Waals surface area contributed by atoms with E-state index >= 15 is 0 Å². The molecule has 1 aliphatic heterocycles. The van der Waals surface area contributed by atoms with Crippen LogP contribution in [0, 0.1) is 0 Å². The highest BCUT2D eigenvalue weighted by atomic mass is 16.3. The number of benzene rings is 1. The Labute approximate surface area is 125 Å². The minimum Gasteiger partial charge on any atom is -0.464 e. The largest absolute Gasteiger partial charge is 0.464 e. The molecule has 1 saturated heterocycles. The summed E-state index contributed by atoms with van der Waals surface area (Å²) in [7, 11) is 0. The van der Waals surface area contributed by atoms with Gasteiger partial charge in [0.25, 0.3) is 5.91 Å². The lowest BCUT2D eigenvalue weighted by Crippen LogP contribution is -2.48. The molecule has 0 saturated carbocycles. The molecule has 1 aromatic heterocycles. The normalized spacial score (nSPS) is 16.1. The van der Waals surface area contributed by atoms with Crippen molar-refractivity contribution >= 4 is 5.91 Å². The Balaban J connectivity index is 1.68. The zero-order chi connectivity index (χ0) is 14.7. The van der Waals surface area contributed by atoms with Gasteiger partial charge in [-0.1, -0.05) is 19.1 Å². The van der Waals surface area contributed by atoms with Crippen LogP contribution in [0.3, 0.4) is 0 Å². The van der Waals surface area contributed by atoms with Gasteiger partial charge in [-0.15, -0.1) is 0 Å². The van der Waals surface area contributed by atoms with Crippen LogP contribution in [-0.2, 0) is 0 Å². The first-order valence-electron chi connectivity index (χ1n) is 7.43. The lowest BCUT2D eigenvalue weighted by molar-refractivity contribution is 0.0643. The Hall–Kier alpha value is -2.07. The van der Waals surface area contributed by atoms with E-state index in [-0.39, 0.29) is 5.91 Å². The highest BCUT2D eigenvalue weighted by Crippen LogP contribution is 2.20. The van der Waals surface area contributed by atoms with Gasteiger partial charge in [0.1, 0.15) is 5.76 Å². The number of furan rings is 1. The maximum Gasteiger partial charge on any atom is 0.253 e. The first kappa shape index (κ1) is 13.9. The fourth-order valence-electron chi connectivity index (χ4n) is 2.67. The summed E-state index contributed by atoms with van der Waals surface area (Å²) in [6.45, 7) is 6.77. The standard InChI is InChI=1S/C17H20N2O2/c1-2-18-9-11-19(12-10-18)17(20)15-7-5-14(6-8-15)16-4-3-13-21-16/h3-8,13H,2,9-12H2,1H3. The Morgan fingerprint density at radius 1 is 1.10 bits per heavy atom. The third kappa shape index (κ3) is 3.00. The molecule has 0 aliphatic carbocycles. The van der Waals surface area contributed by atoms with Gasteiger partial charge in [-0.2, -0.15) is 0 Å². The second-order valence-electron chi connectivity index (χ2n) is 5.28. The molecule has 1 amide bonds. The summed E-state index contributed by atoms with van der Waals surface area (Å²) in [4.78, 5) is 16.8. The van der Waals surface area contributed by atoms with E-state index in [1.54, 1.807) is 6.26 Å². The smallest absolute Gasteiger partial charge is 0.253 e. The average molecular weight is 284 g/mol. The molecule has 2 aromatic rings. The van der Waals surface area contributed by atoms with Crippen molar-refractivity contribution in [3.05, 3.63) is 48.2 Å². The fourth-order valence-corrected chi connectivity index (χ4v) is 2.67. The van der Waals surface area contributed by atoms with Crippen molar-refractivity contribution in [1.82, 2.24) is 9.80 Å². The number of likely N-dealkylation sites (N-methyl/N-ethyl adjacent to an activating group) is 1. The number of hydrogen-bond acceptors (Lipinski definition) is 3. The van der Waals surface area contributed by atoms with E-state index in [2.05, 4.69) is 11.8 Å². The number of nitrogens with zero attached hydrogens (tertiary/aromatic N) is 2.